The van der Waals surface area contributed by atoms with Crippen molar-refractivity contribution in [2.24, 2.45) is 0 Å². The van der Waals surface area contributed by atoms with Crippen LogP contribution in [0.1, 0.15) is 43.7 Å². The van der Waals surface area contributed by atoms with Crippen LogP contribution in [-0.2, 0) is 4.74 Å². The molecule has 1 aromatic rings. The summed E-state index contributed by atoms with van der Waals surface area (Å²) in [5, 5.41) is 0. The molecule has 1 aromatic carbocycles. The van der Waals surface area contributed by atoms with Crippen molar-refractivity contribution >= 4 is 5.69 Å². The highest BCUT2D eigenvalue weighted by molar-refractivity contribution is 5.58. The first-order valence-corrected chi connectivity index (χ1v) is 7.14. The third-order valence-electron chi connectivity index (χ3n) is 3.96. The van der Waals surface area contributed by atoms with Crippen LogP contribution in [0.4, 0.5) is 5.69 Å². The zero-order chi connectivity index (χ0) is 12.7. The van der Waals surface area contributed by atoms with Crippen molar-refractivity contribution in [1.29, 1.82) is 0 Å². The lowest BCUT2D eigenvalue weighted by molar-refractivity contribution is -0.00526. The summed E-state index contributed by atoms with van der Waals surface area (Å²) in [6, 6.07) is 6.94. The average molecular weight is 245 g/mol. The average Bonchev–Trinajstić information content (AvgIpc) is 3.11. The fourth-order valence-electron chi connectivity index (χ4n) is 3.06. The lowest BCUT2D eigenvalue weighted by Gasteiger charge is -2.38. The van der Waals surface area contributed by atoms with Gasteiger partial charge in [-0.25, -0.2) is 0 Å². The molecule has 0 radical (unpaired) electrons. The molecule has 2 atom stereocenters. The summed E-state index contributed by atoms with van der Waals surface area (Å²) in [5.74, 6) is 0.813. The second kappa shape index (κ2) is 4.58. The summed E-state index contributed by atoms with van der Waals surface area (Å²) >= 11 is 0. The van der Waals surface area contributed by atoms with Crippen molar-refractivity contribution in [2.45, 2.75) is 51.7 Å². The minimum absolute atomic E-state index is 0.335. The smallest absolute Gasteiger partial charge is 0.0726 e. The number of anilines is 1. The topological polar surface area (TPSA) is 12.5 Å². The van der Waals surface area contributed by atoms with Crippen LogP contribution in [-0.4, -0.2) is 25.3 Å². The van der Waals surface area contributed by atoms with E-state index in [4.69, 9.17) is 4.74 Å². The Morgan fingerprint density at radius 2 is 1.78 bits per heavy atom. The summed E-state index contributed by atoms with van der Waals surface area (Å²) in [4.78, 5) is 2.52. The maximum Gasteiger partial charge on any atom is 0.0726 e. The Labute approximate surface area is 110 Å². The van der Waals surface area contributed by atoms with Gasteiger partial charge in [0.25, 0.3) is 0 Å². The lowest BCUT2D eigenvalue weighted by Crippen LogP contribution is -2.45. The molecule has 98 valence electrons. The Kier molecular flexibility index (Phi) is 3.06. The van der Waals surface area contributed by atoms with Crippen molar-refractivity contribution in [3.63, 3.8) is 0 Å². The van der Waals surface area contributed by atoms with Gasteiger partial charge < -0.3 is 9.64 Å². The van der Waals surface area contributed by atoms with Gasteiger partial charge in [0.2, 0.25) is 0 Å². The van der Waals surface area contributed by atoms with E-state index in [0.29, 0.717) is 12.2 Å². The Balaban J connectivity index is 1.90. The summed E-state index contributed by atoms with van der Waals surface area (Å²) in [6.07, 6.45) is 3.40. The second-order valence-corrected chi connectivity index (χ2v) is 6.00. The minimum Gasteiger partial charge on any atom is -0.372 e. The van der Waals surface area contributed by atoms with Gasteiger partial charge in [0.05, 0.1) is 12.2 Å². The minimum atomic E-state index is 0.335. The van der Waals surface area contributed by atoms with Gasteiger partial charge in [0.15, 0.2) is 0 Å². The number of aryl methyl sites for hydroxylation is 1. The molecule has 1 heterocycles. The van der Waals surface area contributed by atoms with Crippen LogP contribution in [0.25, 0.3) is 0 Å². The number of hydrogen-bond donors (Lipinski definition) is 0. The number of morpholine rings is 1. The van der Waals surface area contributed by atoms with Crippen LogP contribution in [0.5, 0.6) is 0 Å². The van der Waals surface area contributed by atoms with Crippen molar-refractivity contribution in [1.82, 2.24) is 0 Å². The van der Waals surface area contributed by atoms with E-state index in [1.54, 1.807) is 5.56 Å². The molecule has 1 saturated carbocycles. The molecule has 18 heavy (non-hydrogen) atoms. The number of nitrogens with zero attached hydrogens (tertiary/aromatic N) is 1. The van der Waals surface area contributed by atoms with E-state index in [-0.39, 0.29) is 0 Å². The molecule has 2 heteroatoms. The highest BCUT2D eigenvalue weighted by Gasteiger charge is 2.30. The third kappa shape index (κ3) is 2.39. The zero-order valence-corrected chi connectivity index (χ0v) is 11.6. The van der Waals surface area contributed by atoms with E-state index in [1.165, 1.54) is 24.1 Å². The predicted molar refractivity (Wildman–Crippen MR) is 75.4 cm³/mol. The monoisotopic (exact) mass is 245 g/mol. The molecule has 0 bridgehead atoms. The number of hydrogen-bond acceptors (Lipinski definition) is 2. The van der Waals surface area contributed by atoms with Crippen molar-refractivity contribution in [2.75, 3.05) is 18.0 Å². The summed E-state index contributed by atoms with van der Waals surface area (Å²) < 4.78 is 5.84. The Morgan fingerprint density at radius 1 is 1.11 bits per heavy atom. The van der Waals surface area contributed by atoms with Crippen molar-refractivity contribution in [3.05, 3.63) is 29.3 Å². The van der Waals surface area contributed by atoms with Gasteiger partial charge in [-0.3, -0.25) is 0 Å². The molecular formula is C16H23NO. The van der Waals surface area contributed by atoms with Crippen LogP contribution in [0.2, 0.25) is 0 Å². The normalized spacial score (nSPS) is 28.5. The van der Waals surface area contributed by atoms with Gasteiger partial charge in [0, 0.05) is 18.8 Å². The molecule has 3 rings (SSSR count). The molecule has 2 nitrogen and oxygen atoms in total. The quantitative estimate of drug-likeness (QED) is 0.791. The fourth-order valence-corrected chi connectivity index (χ4v) is 3.06. The van der Waals surface area contributed by atoms with Gasteiger partial charge in [-0.1, -0.05) is 17.7 Å². The fraction of sp³-hybridized carbons (Fsp3) is 0.625. The first kappa shape index (κ1) is 12.0. The lowest BCUT2D eigenvalue weighted by atomic mass is 10.0. The standard InChI is InChI=1S/C16H23NO/c1-11-4-7-16(15(8-11)14-5-6-14)17-9-12(2)18-13(3)10-17/h4,7-8,12-14H,5-6,9-10H2,1-3H3/t12-,13+. The molecule has 0 unspecified atom stereocenters. The van der Waals surface area contributed by atoms with Crippen LogP contribution in [0, 0.1) is 6.92 Å². The van der Waals surface area contributed by atoms with Gasteiger partial charge in [0.1, 0.15) is 0 Å². The number of ether oxygens (including phenoxy) is 1. The van der Waals surface area contributed by atoms with Crippen LogP contribution < -0.4 is 4.90 Å². The van der Waals surface area contributed by atoms with Crippen molar-refractivity contribution in [3.8, 4) is 0 Å². The molecule has 0 N–H and O–H groups in total. The van der Waals surface area contributed by atoms with E-state index in [0.717, 1.165) is 19.0 Å². The molecule has 0 amide bonds. The van der Waals surface area contributed by atoms with E-state index < -0.39 is 0 Å². The SMILES string of the molecule is Cc1ccc(N2C[C@@H](C)O[C@@H](C)C2)c(C2CC2)c1. The third-order valence-corrected chi connectivity index (χ3v) is 3.96. The van der Waals surface area contributed by atoms with Gasteiger partial charge in [-0.2, -0.15) is 0 Å². The highest BCUT2D eigenvalue weighted by atomic mass is 16.5. The van der Waals surface area contributed by atoms with Crippen molar-refractivity contribution < 1.29 is 4.74 Å². The zero-order valence-electron chi connectivity index (χ0n) is 11.6. The largest absolute Gasteiger partial charge is 0.372 e. The molecule has 2 aliphatic rings. The molecule has 0 aromatic heterocycles. The van der Waals surface area contributed by atoms with E-state index in [1.807, 2.05) is 0 Å². The molecule has 1 aliphatic heterocycles. The molecule has 0 spiro atoms. The second-order valence-electron chi connectivity index (χ2n) is 6.00. The maximum atomic E-state index is 5.84. The van der Waals surface area contributed by atoms with Gasteiger partial charge >= 0.3 is 0 Å². The summed E-state index contributed by atoms with van der Waals surface area (Å²) in [6.45, 7) is 8.59. The molecule has 2 fully saturated rings. The number of rotatable bonds is 2. The van der Waals surface area contributed by atoms with E-state index in [2.05, 4.69) is 43.9 Å². The summed E-state index contributed by atoms with van der Waals surface area (Å²) in [5.41, 5.74) is 4.40. The van der Waals surface area contributed by atoms with Gasteiger partial charge in [-0.15, -0.1) is 0 Å². The molecule has 1 saturated heterocycles. The number of benzene rings is 1. The highest BCUT2D eigenvalue weighted by Crippen LogP contribution is 2.45. The first-order valence-electron chi connectivity index (χ1n) is 7.14. The van der Waals surface area contributed by atoms with Gasteiger partial charge in [-0.05, 0) is 51.2 Å². The Hall–Kier alpha value is -1.02. The molecule has 1 aliphatic carbocycles. The predicted octanol–water partition coefficient (Wildman–Crippen LogP) is 3.49. The molecular weight excluding hydrogens is 222 g/mol. The Bertz CT molecular complexity index is 429. The van der Waals surface area contributed by atoms with E-state index in [9.17, 15) is 0 Å². The van der Waals surface area contributed by atoms with Crippen LogP contribution in [0.15, 0.2) is 18.2 Å². The van der Waals surface area contributed by atoms with E-state index >= 15 is 0 Å². The Morgan fingerprint density at radius 3 is 2.39 bits per heavy atom. The van der Waals surface area contributed by atoms with Crippen LogP contribution in [0.3, 0.4) is 0 Å². The maximum absolute atomic E-state index is 5.84. The van der Waals surface area contributed by atoms with Crippen LogP contribution >= 0.6 is 0 Å². The summed E-state index contributed by atoms with van der Waals surface area (Å²) in [7, 11) is 0. The first-order chi connectivity index (χ1) is 8.63.